The van der Waals surface area contributed by atoms with Crippen molar-refractivity contribution >= 4 is 23.1 Å². The summed E-state index contributed by atoms with van der Waals surface area (Å²) in [5.74, 6) is 0.811. The molecule has 7 heteroatoms. The predicted molar refractivity (Wildman–Crippen MR) is 99.3 cm³/mol. The smallest absolute Gasteiger partial charge is 0.407 e. The zero-order chi connectivity index (χ0) is 17.9. The largest absolute Gasteiger partial charge is 0.465 e. The Hall–Kier alpha value is -3.09. The fourth-order valence-electron chi connectivity index (χ4n) is 3.40. The molecule has 3 aromatic rings. The van der Waals surface area contributed by atoms with Crippen molar-refractivity contribution in [2.75, 3.05) is 18.4 Å². The van der Waals surface area contributed by atoms with E-state index < -0.39 is 6.09 Å². The molecule has 0 bridgehead atoms. The molecule has 134 valence electrons. The van der Waals surface area contributed by atoms with E-state index in [0.29, 0.717) is 19.6 Å². The molecule has 2 N–H and O–H groups in total. The second-order valence-electron chi connectivity index (χ2n) is 6.52. The Morgan fingerprint density at radius 2 is 1.92 bits per heavy atom. The molecule has 0 unspecified atom stereocenters. The molecule has 1 amide bonds. The molecule has 0 spiro atoms. The zero-order valence-electron chi connectivity index (χ0n) is 14.4. The van der Waals surface area contributed by atoms with Crippen molar-refractivity contribution in [2.24, 2.45) is 0 Å². The van der Waals surface area contributed by atoms with Gasteiger partial charge in [0.2, 0.25) is 5.95 Å². The topological polar surface area (TPSA) is 83.3 Å². The van der Waals surface area contributed by atoms with Crippen molar-refractivity contribution in [1.82, 2.24) is 19.4 Å². The van der Waals surface area contributed by atoms with Crippen molar-refractivity contribution in [1.29, 1.82) is 0 Å². The minimum atomic E-state index is -0.842. The Morgan fingerprint density at radius 3 is 2.65 bits per heavy atom. The number of imidazole rings is 1. The lowest BCUT2D eigenvalue weighted by Gasteiger charge is -2.30. The van der Waals surface area contributed by atoms with Gasteiger partial charge in [0.05, 0.1) is 23.3 Å². The van der Waals surface area contributed by atoms with Crippen LogP contribution in [0.5, 0.6) is 0 Å². The first-order chi connectivity index (χ1) is 12.7. The van der Waals surface area contributed by atoms with E-state index in [2.05, 4.69) is 20.9 Å². The van der Waals surface area contributed by atoms with E-state index in [0.717, 1.165) is 35.5 Å². The van der Waals surface area contributed by atoms with Gasteiger partial charge in [0.1, 0.15) is 0 Å². The molecule has 1 aliphatic heterocycles. The van der Waals surface area contributed by atoms with Gasteiger partial charge >= 0.3 is 6.09 Å². The molecular formula is C19H21N5O2. The highest BCUT2D eigenvalue weighted by atomic mass is 16.4. The Morgan fingerprint density at radius 1 is 1.15 bits per heavy atom. The molecule has 3 heterocycles. The van der Waals surface area contributed by atoms with Crippen LogP contribution in [0, 0.1) is 0 Å². The average molecular weight is 351 g/mol. The standard InChI is InChI=1S/C19H21N5O2/c25-19(26)23-11-8-14(9-12-23)21-18-22-16-6-1-2-7-17(16)24(18)13-15-5-3-4-10-20-15/h1-7,10,14H,8-9,11-13H2,(H,21,22)(H,25,26). The monoisotopic (exact) mass is 351 g/mol. The Bertz CT molecular complexity index is 901. The summed E-state index contributed by atoms with van der Waals surface area (Å²) in [7, 11) is 0. The number of aromatic nitrogens is 3. The highest BCUT2D eigenvalue weighted by Crippen LogP contribution is 2.23. The summed E-state index contributed by atoms with van der Waals surface area (Å²) in [4.78, 5) is 21.7. The maximum absolute atomic E-state index is 11.1. The molecule has 0 atom stereocenters. The van der Waals surface area contributed by atoms with Gasteiger partial charge in [-0.15, -0.1) is 0 Å². The van der Waals surface area contributed by atoms with Crippen LogP contribution < -0.4 is 5.32 Å². The van der Waals surface area contributed by atoms with Crippen LogP contribution in [0.4, 0.5) is 10.7 Å². The van der Waals surface area contributed by atoms with Gasteiger partial charge in [-0.05, 0) is 37.1 Å². The molecule has 1 fully saturated rings. The lowest BCUT2D eigenvalue weighted by Crippen LogP contribution is -2.42. The molecule has 4 rings (SSSR count). The van der Waals surface area contributed by atoms with Gasteiger partial charge in [0.25, 0.3) is 0 Å². The zero-order valence-corrected chi connectivity index (χ0v) is 14.4. The van der Waals surface area contributed by atoms with E-state index in [1.54, 1.807) is 6.20 Å². The number of hydrogen-bond acceptors (Lipinski definition) is 4. The first-order valence-electron chi connectivity index (χ1n) is 8.80. The first kappa shape index (κ1) is 16.4. The van der Waals surface area contributed by atoms with Crippen LogP contribution in [0.25, 0.3) is 11.0 Å². The number of likely N-dealkylation sites (tertiary alicyclic amines) is 1. The fraction of sp³-hybridized carbons (Fsp3) is 0.316. The highest BCUT2D eigenvalue weighted by molar-refractivity contribution is 5.78. The highest BCUT2D eigenvalue weighted by Gasteiger charge is 2.23. The molecule has 7 nitrogen and oxygen atoms in total. The number of para-hydroxylation sites is 2. The van der Waals surface area contributed by atoms with Crippen LogP contribution in [0.1, 0.15) is 18.5 Å². The molecule has 1 aliphatic rings. The van der Waals surface area contributed by atoms with Gasteiger partial charge in [-0.1, -0.05) is 18.2 Å². The third-order valence-corrected chi connectivity index (χ3v) is 4.80. The van der Waals surface area contributed by atoms with Gasteiger partial charge in [-0.2, -0.15) is 0 Å². The normalized spacial score (nSPS) is 15.3. The summed E-state index contributed by atoms with van der Waals surface area (Å²) >= 11 is 0. The number of nitrogens with zero attached hydrogens (tertiary/aromatic N) is 4. The molecule has 2 aromatic heterocycles. The lowest BCUT2D eigenvalue weighted by atomic mass is 10.1. The van der Waals surface area contributed by atoms with Crippen LogP contribution in [-0.2, 0) is 6.54 Å². The third kappa shape index (κ3) is 3.33. The number of piperidine rings is 1. The van der Waals surface area contributed by atoms with Gasteiger partial charge < -0.3 is 19.9 Å². The summed E-state index contributed by atoms with van der Waals surface area (Å²) in [6.45, 7) is 1.73. The quantitative estimate of drug-likeness (QED) is 0.755. The fourth-order valence-corrected chi connectivity index (χ4v) is 3.40. The van der Waals surface area contributed by atoms with Crippen LogP contribution in [0.15, 0.2) is 48.7 Å². The van der Waals surface area contributed by atoms with Crippen LogP contribution in [-0.4, -0.2) is 49.8 Å². The summed E-state index contributed by atoms with van der Waals surface area (Å²) < 4.78 is 2.14. The van der Waals surface area contributed by atoms with E-state index in [1.807, 2.05) is 36.4 Å². The number of carboxylic acid groups (broad SMARTS) is 1. The van der Waals surface area contributed by atoms with Crippen LogP contribution in [0.2, 0.25) is 0 Å². The van der Waals surface area contributed by atoms with Crippen molar-refractivity contribution in [2.45, 2.75) is 25.4 Å². The minimum absolute atomic E-state index is 0.213. The predicted octanol–water partition coefficient (Wildman–Crippen LogP) is 3.03. The molecular weight excluding hydrogens is 330 g/mol. The van der Waals surface area contributed by atoms with E-state index in [9.17, 15) is 4.79 Å². The number of carbonyl (C=O) groups is 1. The maximum atomic E-state index is 11.1. The Balaban J connectivity index is 1.58. The number of amides is 1. The number of benzene rings is 1. The molecule has 1 aromatic carbocycles. The summed E-state index contributed by atoms with van der Waals surface area (Å²) in [6, 6.07) is 14.2. The first-order valence-corrected chi connectivity index (χ1v) is 8.80. The van der Waals surface area contributed by atoms with Gasteiger partial charge in [0.15, 0.2) is 0 Å². The summed E-state index contributed by atoms with van der Waals surface area (Å²) in [5.41, 5.74) is 2.97. The number of hydrogen-bond donors (Lipinski definition) is 2. The summed E-state index contributed by atoms with van der Waals surface area (Å²) in [6.07, 6.45) is 2.51. The Kier molecular flexibility index (Phi) is 4.43. The van der Waals surface area contributed by atoms with Crippen LogP contribution in [0.3, 0.4) is 0 Å². The van der Waals surface area contributed by atoms with E-state index in [1.165, 1.54) is 4.90 Å². The van der Waals surface area contributed by atoms with Crippen molar-refractivity contribution in [3.8, 4) is 0 Å². The van der Waals surface area contributed by atoms with E-state index >= 15 is 0 Å². The number of nitrogens with one attached hydrogen (secondary N) is 1. The number of pyridine rings is 1. The average Bonchev–Trinajstić information content (AvgIpc) is 3.00. The van der Waals surface area contributed by atoms with Crippen molar-refractivity contribution < 1.29 is 9.90 Å². The minimum Gasteiger partial charge on any atom is -0.465 e. The maximum Gasteiger partial charge on any atom is 0.407 e. The van der Waals surface area contributed by atoms with Crippen molar-refractivity contribution in [3.05, 3.63) is 54.4 Å². The summed E-state index contributed by atoms with van der Waals surface area (Å²) in [5, 5.41) is 12.6. The molecule has 1 saturated heterocycles. The lowest BCUT2D eigenvalue weighted by molar-refractivity contribution is 0.133. The number of anilines is 1. The van der Waals surface area contributed by atoms with E-state index in [-0.39, 0.29) is 6.04 Å². The third-order valence-electron chi connectivity index (χ3n) is 4.80. The number of rotatable bonds is 4. The molecule has 0 saturated carbocycles. The second kappa shape index (κ2) is 7.03. The van der Waals surface area contributed by atoms with Gasteiger partial charge in [-0.3, -0.25) is 4.98 Å². The SMILES string of the molecule is O=C(O)N1CCC(Nc2nc3ccccc3n2Cc2ccccn2)CC1. The van der Waals surface area contributed by atoms with Crippen LogP contribution >= 0.6 is 0 Å². The molecule has 0 radical (unpaired) electrons. The Labute approximate surface area is 151 Å². The second-order valence-corrected chi connectivity index (χ2v) is 6.52. The van der Waals surface area contributed by atoms with E-state index in [4.69, 9.17) is 10.1 Å². The molecule has 26 heavy (non-hydrogen) atoms. The van der Waals surface area contributed by atoms with Gasteiger partial charge in [-0.25, -0.2) is 9.78 Å². The number of fused-ring (bicyclic) bond motifs is 1. The molecule has 0 aliphatic carbocycles. The van der Waals surface area contributed by atoms with Gasteiger partial charge in [0, 0.05) is 25.3 Å². The van der Waals surface area contributed by atoms with Crippen molar-refractivity contribution in [3.63, 3.8) is 0 Å².